The highest BCUT2D eigenvalue weighted by Crippen LogP contribution is 2.58. The van der Waals surface area contributed by atoms with Crippen LogP contribution in [0.3, 0.4) is 0 Å². The molecule has 0 aromatic heterocycles. The summed E-state index contributed by atoms with van der Waals surface area (Å²) in [6, 6.07) is 0. The maximum atomic E-state index is 11.3. The van der Waals surface area contributed by atoms with Crippen molar-refractivity contribution in [1.82, 2.24) is 0 Å². The molecular weight excluding hydrogens is 932 g/mol. The SMILES string of the molecule is CC1(CCCCCCCCCCCCCCCCCCCCOP(=O)(O)OP(=O)(O)O)CO1.CCC1(CCCCCCCCCCCCCCCCCCCOP(=O)(O)OP(=O)(O)O)CO1. The van der Waals surface area contributed by atoms with Gasteiger partial charge in [-0.3, -0.25) is 9.05 Å². The highest BCUT2D eigenvalue weighted by Gasteiger charge is 2.41. The van der Waals surface area contributed by atoms with E-state index in [0.29, 0.717) is 12.8 Å². The normalized spacial score (nSPS) is 20.1. The Balaban J connectivity index is 0.000000660. The van der Waals surface area contributed by atoms with Crippen molar-refractivity contribution < 1.29 is 74.8 Å². The van der Waals surface area contributed by atoms with Gasteiger partial charge >= 0.3 is 31.3 Å². The molecule has 20 heteroatoms. The van der Waals surface area contributed by atoms with Crippen molar-refractivity contribution in [1.29, 1.82) is 0 Å². The zero-order valence-electron chi connectivity index (χ0n) is 41.3. The molecule has 4 atom stereocenters. The summed E-state index contributed by atoms with van der Waals surface area (Å²) in [5.74, 6) is 0. The molecule has 0 aromatic carbocycles. The molecule has 2 aliphatic rings. The van der Waals surface area contributed by atoms with Crippen LogP contribution in [0.15, 0.2) is 0 Å². The molecule has 396 valence electrons. The lowest BCUT2D eigenvalue weighted by Gasteiger charge is -2.12. The van der Waals surface area contributed by atoms with Crippen LogP contribution in [0, 0.1) is 0 Å². The van der Waals surface area contributed by atoms with Gasteiger partial charge in [0, 0.05) is 0 Å². The lowest BCUT2D eigenvalue weighted by atomic mass is 9.98. The van der Waals surface area contributed by atoms with Crippen molar-refractivity contribution in [2.45, 2.75) is 269 Å². The first kappa shape index (κ1) is 64.5. The van der Waals surface area contributed by atoms with E-state index in [-0.39, 0.29) is 24.4 Å². The van der Waals surface area contributed by atoms with Gasteiger partial charge in [0.2, 0.25) is 0 Å². The van der Waals surface area contributed by atoms with E-state index in [4.69, 9.17) is 38.8 Å². The van der Waals surface area contributed by atoms with Crippen molar-refractivity contribution in [2.24, 2.45) is 0 Å². The molecule has 2 aliphatic heterocycles. The molecule has 0 aliphatic carbocycles. The van der Waals surface area contributed by atoms with Crippen LogP contribution in [0.25, 0.3) is 0 Å². The number of unbranched alkanes of at least 4 members (excludes halogenated alkanes) is 33. The number of hydrogen-bond acceptors (Lipinski definition) is 10. The number of phosphoric acid groups is 4. The van der Waals surface area contributed by atoms with E-state index >= 15 is 0 Å². The molecule has 2 saturated heterocycles. The third kappa shape index (κ3) is 44.4. The quantitative estimate of drug-likeness (QED) is 0.0188. The molecule has 0 spiro atoms. The van der Waals surface area contributed by atoms with Gasteiger partial charge < -0.3 is 38.8 Å². The Labute approximate surface area is 400 Å². The number of ether oxygens (including phenoxy) is 2. The third-order valence-electron chi connectivity index (χ3n) is 12.6. The van der Waals surface area contributed by atoms with Crippen molar-refractivity contribution >= 4 is 31.3 Å². The lowest BCUT2D eigenvalue weighted by molar-refractivity contribution is 0.173. The molecule has 0 aromatic rings. The van der Waals surface area contributed by atoms with E-state index in [9.17, 15) is 18.3 Å². The van der Waals surface area contributed by atoms with Crippen molar-refractivity contribution in [3.05, 3.63) is 0 Å². The van der Waals surface area contributed by atoms with Gasteiger partial charge in [-0.2, -0.15) is 8.62 Å². The number of hydrogen-bond donors (Lipinski definition) is 6. The van der Waals surface area contributed by atoms with Crippen LogP contribution in [0.5, 0.6) is 0 Å². The highest BCUT2D eigenvalue weighted by molar-refractivity contribution is 7.61. The Hall–Kier alpha value is 0.440. The van der Waals surface area contributed by atoms with Gasteiger partial charge in [0.15, 0.2) is 0 Å². The van der Waals surface area contributed by atoms with Crippen molar-refractivity contribution in [3.8, 4) is 0 Å². The first-order valence-corrected chi connectivity index (χ1v) is 32.1. The standard InChI is InChI=1S/2C23H48O8P2/c1-23(22-29-23)20-18-16-14-12-10-8-6-4-2-3-5-7-9-11-13-15-17-19-21-30-33(27,28)31-32(24,25)26;1-2-23(22-29-23)20-18-16-14-12-10-8-6-4-3-5-7-9-11-13-15-17-19-21-30-33(27,28)31-32(24,25)26/h2*2-22H2,1H3,(H,27,28)(H2,24,25,26). The maximum Gasteiger partial charge on any atom is 0.481 e. The first-order chi connectivity index (χ1) is 31.3. The van der Waals surface area contributed by atoms with Crippen LogP contribution in [0.2, 0.25) is 0 Å². The van der Waals surface area contributed by atoms with Gasteiger partial charge in [-0.25, -0.2) is 18.3 Å². The van der Waals surface area contributed by atoms with Crippen LogP contribution < -0.4 is 0 Å². The molecular formula is C46H96O16P4. The summed E-state index contributed by atoms with van der Waals surface area (Å²) in [6.45, 7) is 6.30. The second-order valence-corrected chi connectivity index (χ2v) is 24.8. The summed E-state index contributed by atoms with van der Waals surface area (Å²) < 4.78 is 71.1. The largest absolute Gasteiger partial charge is 0.481 e. The van der Waals surface area contributed by atoms with Gasteiger partial charge in [-0.05, 0) is 39.0 Å². The molecule has 66 heavy (non-hydrogen) atoms. The zero-order valence-corrected chi connectivity index (χ0v) is 44.8. The number of rotatable bonds is 48. The zero-order chi connectivity index (χ0) is 48.9. The molecule has 2 rings (SSSR count). The average molecular weight is 1030 g/mol. The Morgan fingerprint density at radius 2 is 0.606 bits per heavy atom. The Morgan fingerprint density at radius 1 is 0.379 bits per heavy atom. The number of epoxide rings is 2. The minimum Gasteiger partial charge on any atom is -0.370 e. The van der Waals surface area contributed by atoms with Crippen LogP contribution in [-0.2, 0) is 45.4 Å². The topological polar surface area (TPSA) is 252 Å². The Bertz CT molecular complexity index is 1350. The molecule has 2 fully saturated rings. The second-order valence-electron chi connectivity index (χ2n) is 19.2. The van der Waals surface area contributed by atoms with E-state index in [1.807, 2.05) is 0 Å². The van der Waals surface area contributed by atoms with E-state index < -0.39 is 31.3 Å². The third-order valence-corrected chi connectivity index (χ3v) is 17.0. The van der Waals surface area contributed by atoms with Crippen LogP contribution in [0.4, 0.5) is 0 Å². The summed E-state index contributed by atoms with van der Waals surface area (Å²) in [6.07, 6.45) is 46.9. The number of phosphoric ester groups is 2. The van der Waals surface area contributed by atoms with E-state index in [1.54, 1.807) is 0 Å². The molecule has 6 N–H and O–H groups in total. The average Bonchev–Trinajstić information content (AvgIpc) is 4.16. The molecule has 0 saturated carbocycles. The van der Waals surface area contributed by atoms with Crippen molar-refractivity contribution in [2.75, 3.05) is 26.4 Å². The lowest BCUT2D eigenvalue weighted by Crippen LogP contribution is -2.08. The fourth-order valence-electron chi connectivity index (χ4n) is 8.20. The van der Waals surface area contributed by atoms with Gasteiger partial charge in [0.05, 0.1) is 37.6 Å². The van der Waals surface area contributed by atoms with Gasteiger partial charge in [0.1, 0.15) is 0 Å². The van der Waals surface area contributed by atoms with Crippen LogP contribution >= 0.6 is 31.3 Å². The maximum absolute atomic E-state index is 11.3. The summed E-state index contributed by atoms with van der Waals surface area (Å²) >= 11 is 0. The predicted octanol–water partition coefficient (Wildman–Crippen LogP) is 14.8. The first-order valence-electron chi connectivity index (χ1n) is 26.1. The minimum absolute atomic E-state index is 0.0524. The second kappa shape index (κ2) is 38.1. The molecule has 0 amide bonds. The van der Waals surface area contributed by atoms with E-state index in [1.165, 1.54) is 193 Å². The minimum atomic E-state index is -5.03. The monoisotopic (exact) mass is 1030 g/mol. The Morgan fingerprint density at radius 3 is 0.818 bits per heavy atom. The highest BCUT2D eigenvalue weighted by atomic mass is 31.3. The molecule has 4 unspecified atom stereocenters. The van der Waals surface area contributed by atoms with Crippen LogP contribution in [0.1, 0.15) is 258 Å². The van der Waals surface area contributed by atoms with E-state index in [0.717, 1.165) is 51.7 Å². The summed E-state index contributed by atoms with van der Waals surface area (Å²) in [5, 5.41) is 0. The van der Waals surface area contributed by atoms with Gasteiger partial charge in [-0.15, -0.1) is 0 Å². The molecule has 16 nitrogen and oxygen atoms in total. The fourth-order valence-corrected chi connectivity index (χ4v) is 11.4. The molecule has 0 bridgehead atoms. The van der Waals surface area contributed by atoms with Crippen molar-refractivity contribution in [3.63, 3.8) is 0 Å². The smallest absolute Gasteiger partial charge is 0.370 e. The summed E-state index contributed by atoms with van der Waals surface area (Å²) in [5.41, 5.74) is 0.518. The van der Waals surface area contributed by atoms with Gasteiger partial charge in [0.25, 0.3) is 0 Å². The van der Waals surface area contributed by atoms with E-state index in [2.05, 4.69) is 31.5 Å². The van der Waals surface area contributed by atoms with Crippen LogP contribution in [-0.4, -0.2) is 67.0 Å². The predicted molar refractivity (Wildman–Crippen MR) is 262 cm³/mol. The Kier molecular flexibility index (Phi) is 37.2. The summed E-state index contributed by atoms with van der Waals surface area (Å²) in [7, 11) is -19.4. The fraction of sp³-hybridized carbons (Fsp3) is 1.00. The van der Waals surface area contributed by atoms with Gasteiger partial charge in [-0.1, -0.05) is 219 Å². The molecule has 0 radical (unpaired) electrons. The summed E-state index contributed by atoms with van der Waals surface area (Å²) in [4.78, 5) is 52.3. The molecule has 2 heterocycles.